The highest BCUT2D eigenvalue weighted by Crippen LogP contribution is 2.51. The lowest BCUT2D eigenvalue weighted by molar-refractivity contribution is 0.353. The molecule has 2 heterocycles. The standard InChI is InChI=1S/C25H29N5O2/c1-31-21-13-15(11-18-14-28-25(27)29-24(18)26)12-20(23(21)32-2)30-10-9-16-5-3-4-6-19(16)22(30)17-7-8-17/h3-6,12-14,17,22H,7-11H2,1-2H3,(H4,26,27,28,29). The summed E-state index contributed by atoms with van der Waals surface area (Å²) in [6.45, 7) is 0.939. The fourth-order valence-corrected chi connectivity index (χ4v) is 4.89. The molecule has 1 atom stereocenters. The van der Waals surface area contributed by atoms with Crippen molar-refractivity contribution < 1.29 is 9.47 Å². The van der Waals surface area contributed by atoms with Gasteiger partial charge in [0.15, 0.2) is 11.5 Å². The molecule has 1 aliphatic carbocycles. The number of fused-ring (bicyclic) bond motifs is 1. The SMILES string of the molecule is COc1cc(Cc2cnc(N)nc2N)cc(N2CCc3ccccc3C2C2CC2)c1OC. The van der Waals surface area contributed by atoms with Gasteiger partial charge in [-0.15, -0.1) is 0 Å². The molecule has 1 unspecified atom stereocenters. The third kappa shape index (κ3) is 3.68. The number of nitrogens with zero attached hydrogens (tertiary/aromatic N) is 3. The highest BCUT2D eigenvalue weighted by atomic mass is 16.5. The maximum absolute atomic E-state index is 6.10. The van der Waals surface area contributed by atoms with Gasteiger partial charge in [-0.25, -0.2) is 4.98 Å². The highest BCUT2D eigenvalue weighted by Gasteiger charge is 2.40. The van der Waals surface area contributed by atoms with E-state index in [9.17, 15) is 0 Å². The van der Waals surface area contributed by atoms with Crippen LogP contribution in [0.2, 0.25) is 0 Å². The predicted molar refractivity (Wildman–Crippen MR) is 126 cm³/mol. The first-order valence-electron chi connectivity index (χ1n) is 11.0. The Balaban J connectivity index is 1.59. The van der Waals surface area contributed by atoms with Crippen LogP contribution in [0.15, 0.2) is 42.6 Å². The van der Waals surface area contributed by atoms with Crippen molar-refractivity contribution >= 4 is 17.5 Å². The molecule has 0 saturated heterocycles. The average Bonchev–Trinajstić information content (AvgIpc) is 3.64. The first-order valence-corrected chi connectivity index (χ1v) is 11.0. The van der Waals surface area contributed by atoms with Gasteiger partial charge in [0.05, 0.1) is 25.9 Å². The van der Waals surface area contributed by atoms with Gasteiger partial charge in [-0.3, -0.25) is 0 Å². The van der Waals surface area contributed by atoms with Crippen molar-refractivity contribution in [2.24, 2.45) is 5.92 Å². The summed E-state index contributed by atoms with van der Waals surface area (Å²) in [5.41, 5.74) is 17.6. The van der Waals surface area contributed by atoms with Crippen LogP contribution in [-0.4, -0.2) is 30.7 Å². The van der Waals surface area contributed by atoms with Crippen LogP contribution in [0.5, 0.6) is 11.5 Å². The smallest absolute Gasteiger partial charge is 0.221 e. The van der Waals surface area contributed by atoms with Crippen molar-refractivity contribution in [3.8, 4) is 11.5 Å². The number of hydrogen-bond donors (Lipinski definition) is 2. The van der Waals surface area contributed by atoms with Crippen LogP contribution in [0, 0.1) is 5.92 Å². The molecule has 2 aliphatic rings. The molecular formula is C25H29N5O2. The molecule has 166 valence electrons. The summed E-state index contributed by atoms with van der Waals surface area (Å²) in [6, 6.07) is 13.4. The van der Waals surface area contributed by atoms with Crippen LogP contribution >= 0.6 is 0 Å². The van der Waals surface area contributed by atoms with Crippen molar-refractivity contribution in [1.29, 1.82) is 0 Å². The first kappa shape index (κ1) is 20.4. The van der Waals surface area contributed by atoms with E-state index in [2.05, 4.69) is 45.2 Å². The largest absolute Gasteiger partial charge is 0.493 e. The molecule has 0 bridgehead atoms. The number of rotatable bonds is 6. The van der Waals surface area contributed by atoms with Crippen molar-refractivity contribution in [3.63, 3.8) is 0 Å². The first-order chi connectivity index (χ1) is 15.6. The molecule has 4 N–H and O–H groups in total. The molecule has 7 heteroatoms. The molecule has 1 saturated carbocycles. The Labute approximate surface area is 188 Å². The average molecular weight is 432 g/mol. The zero-order chi connectivity index (χ0) is 22.2. The molecule has 32 heavy (non-hydrogen) atoms. The van der Waals surface area contributed by atoms with Gasteiger partial charge >= 0.3 is 0 Å². The summed E-state index contributed by atoms with van der Waals surface area (Å²) in [5, 5.41) is 0. The van der Waals surface area contributed by atoms with Gasteiger partial charge in [-0.1, -0.05) is 24.3 Å². The Bertz CT molecular complexity index is 1150. The number of nitrogens with two attached hydrogens (primary N) is 2. The van der Waals surface area contributed by atoms with Gasteiger partial charge in [0.25, 0.3) is 0 Å². The van der Waals surface area contributed by atoms with Gasteiger partial charge < -0.3 is 25.8 Å². The second kappa shape index (κ2) is 8.22. The minimum Gasteiger partial charge on any atom is -0.493 e. The van der Waals surface area contributed by atoms with Gasteiger partial charge in [-0.2, -0.15) is 4.98 Å². The van der Waals surface area contributed by atoms with Gasteiger partial charge in [0.1, 0.15) is 5.82 Å². The third-order valence-corrected chi connectivity index (χ3v) is 6.54. The van der Waals surface area contributed by atoms with E-state index >= 15 is 0 Å². The van der Waals surface area contributed by atoms with E-state index in [0.29, 0.717) is 29.9 Å². The molecule has 1 aliphatic heterocycles. The van der Waals surface area contributed by atoms with Crippen LogP contribution in [-0.2, 0) is 12.8 Å². The van der Waals surface area contributed by atoms with Crippen LogP contribution in [0.3, 0.4) is 0 Å². The number of aromatic nitrogens is 2. The number of methoxy groups -OCH3 is 2. The molecule has 1 aromatic heterocycles. The molecular weight excluding hydrogens is 402 g/mol. The normalized spacial score (nSPS) is 17.7. The van der Waals surface area contributed by atoms with E-state index in [-0.39, 0.29) is 5.95 Å². The van der Waals surface area contributed by atoms with Crippen LogP contribution < -0.4 is 25.8 Å². The molecule has 0 spiro atoms. The fourth-order valence-electron chi connectivity index (χ4n) is 4.89. The quantitative estimate of drug-likeness (QED) is 0.613. The van der Waals surface area contributed by atoms with E-state index < -0.39 is 0 Å². The Kier molecular flexibility index (Phi) is 5.25. The molecule has 0 radical (unpaired) electrons. The summed E-state index contributed by atoms with van der Waals surface area (Å²) < 4.78 is 11.6. The summed E-state index contributed by atoms with van der Waals surface area (Å²) in [6.07, 6.45) is 5.80. The van der Waals surface area contributed by atoms with Gasteiger partial charge in [-0.05, 0) is 54.0 Å². The van der Waals surface area contributed by atoms with Crippen molar-refractivity contribution in [2.75, 3.05) is 37.1 Å². The summed E-state index contributed by atoms with van der Waals surface area (Å²) in [4.78, 5) is 10.7. The van der Waals surface area contributed by atoms with Gasteiger partial charge in [0, 0.05) is 24.7 Å². The number of anilines is 3. The predicted octanol–water partition coefficient (Wildman–Crippen LogP) is 3.76. The van der Waals surface area contributed by atoms with Crippen molar-refractivity contribution in [2.45, 2.75) is 31.7 Å². The Hall–Kier alpha value is -3.48. The molecule has 2 aromatic carbocycles. The summed E-state index contributed by atoms with van der Waals surface area (Å²) >= 11 is 0. The van der Waals surface area contributed by atoms with Crippen LogP contribution in [0.25, 0.3) is 0 Å². The Morgan fingerprint density at radius 2 is 1.91 bits per heavy atom. The second-order valence-electron chi connectivity index (χ2n) is 8.59. The lowest BCUT2D eigenvalue weighted by Crippen LogP contribution is -2.37. The summed E-state index contributed by atoms with van der Waals surface area (Å²) in [5.74, 6) is 2.72. The zero-order valence-electron chi connectivity index (χ0n) is 18.5. The fraction of sp³-hybridized carbons (Fsp3) is 0.360. The molecule has 1 fully saturated rings. The maximum atomic E-state index is 6.10. The summed E-state index contributed by atoms with van der Waals surface area (Å²) in [7, 11) is 3.38. The Morgan fingerprint density at radius 3 is 2.62 bits per heavy atom. The zero-order valence-corrected chi connectivity index (χ0v) is 18.5. The van der Waals surface area contributed by atoms with Crippen LogP contribution in [0.1, 0.15) is 41.1 Å². The molecule has 3 aromatic rings. The number of ether oxygens (including phenoxy) is 2. The number of benzene rings is 2. The third-order valence-electron chi connectivity index (χ3n) is 6.54. The van der Waals surface area contributed by atoms with Crippen molar-refractivity contribution in [3.05, 3.63) is 64.8 Å². The minimum absolute atomic E-state index is 0.179. The number of nitrogen functional groups attached to an aromatic ring is 2. The van der Waals surface area contributed by atoms with E-state index in [4.69, 9.17) is 20.9 Å². The van der Waals surface area contributed by atoms with E-state index in [0.717, 1.165) is 35.5 Å². The topological polar surface area (TPSA) is 99.5 Å². The maximum Gasteiger partial charge on any atom is 0.221 e. The molecule has 0 amide bonds. The molecule has 7 nitrogen and oxygen atoms in total. The Morgan fingerprint density at radius 1 is 1.09 bits per heavy atom. The van der Waals surface area contributed by atoms with E-state index in [1.54, 1.807) is 20.4 Å². The number of hydrogen-bond acceptors (Lipinski definition) is 7. The van der Waals surface area contributed by atoms with Crippen LogP contribution in [0.4, 0.5) is 17.5 Å². The molecule has 5 rings (SSSR count). The van der Waals surface area contributed by atoms with E-state index in [1.165, 1.54) is 24.0 Å². The van der Waals surface area contributed by atoms with E-state index in [1.807, 2.05) is 6.07 Å². The van der Waals surface area contributed by atoms with Crippen molar-refractivity contribution in [1.82, 2.24) is 9.97 Å². The van der Waals surface area contributed by atoms with Gasteiger partial charge in [0.2, 0.25) is 5.95 Å². The monoisotopic (exact) mass is 431 g/mol. The lowest BCUT2D eigenvalue weighted by Gasteiger charge is -2.40. The minimum atomic E-state index is 0.179. The second-order valence-corrected chi connectivity index (χ2v) is 8.59. The lowest BCUT2D eigenvalue weighted by atomic mass is 9.89. The highest BCUT2D eigenvalue weighted by molar-refractivity contribution is 5.69.